The van der Waals surface area contributed by atoms with Gasteiger partial charge >= 0.3 is 0 Å². The molecule has 0 aromatic heterocycles. The Morgan fingerprint density at radius 1 is 0.274 bits per heavy atom. The van der Waals surface area contributed by atoms with Gasteiger partial charge in [0.25, 0.3) is 5.91 Å². The van der Waals surface area contributed by atoms with Gasteiger partial charge in [0, 0.05) is 51.6 Å². The van der Waals surface area contributed by atoms with E-state index in [2.05, 4.69) is 49.3 Å². The Morgan fingerprint density at radius 2 is 0.512 bits per heavy atom. The predicted octanol–water partition coefficient (Wildman–Crippen LogP) is 23.5. The van der Waals surface area contributed by atoms with Gasteiger partial charge in [-0.3, -0.25) is 14.4 Å². The molecule has 0 aromatic carbocycles. The summed E-state index contributed by atoms with van der Waals surface area (Å²) < 4.78 is 16.0. The van der Waals surface area contributed by atoms with Gasteiger partial charge in [-0.2, -0.15) is 0 Å². The predicted molar refractivity (Wildman–Crippen MR) is 368 cm³/mol. The first-order valence-electron chi connectivity index (χ1n) is 38.3. The lowest BCUT2D eigenvalue weighted by atomic mass is 9.97. The molecular weight excluding hydrogens is 1040 g/mol. The van der Waals surface area contributed by atoms with E-state index >= 15 is 4.39 Å². The van der Waals surface area contributed by atoms with Gasteiger partial charge in [0.05, 0.1) is 0 Å². The summed E-state index contributed by atoms with van der Waals surface area (Å²) in [5.41, 5.74) is 0. The molecule has 1 atom stereocenters. The van der Waals surface area contributed by atoms with Gasteiger partial charge in [0.1, 0.15) is 0 Å². The summed E-state index contributed by atoms with van der Waals surface area (Å²) in [6.45, 7) is 16.6. The van der Waals surface area contributed by atoms with Crippen molar-refractivity contribution in [1.29, 1.82) is 0 Å². The highest BCUT2D eigenvalue weighted by atomic mass is 19.1. The molecular formula is C76H151FN4O3. The van der Waals surface area contributed by atoms with Crippen molar-refractivity contribution < 1.29 is 18.8 Å². The highest BCUT2D eigenvalue weighted by Crippen LogP contribution is 2.24. The van der Waals surface area contributed by atoms with E-state index < -0.39 is 6.17 Å². The van der Waals surface area contributed by atoms with Crippen LogP contribution in [0.2, 0.25) is 0 Å². The van der Waals surface area contributed by atoms with Gasteiger partial charge in [0.15, 0.2) is 6.17 Å². The molecule has 0 fully saturated rings. The van der Waals surface area contributed by atoms with E-state index in [0.717, 1.165) is 161 Å². The maximum absolute atomic E-state index is 16.0. The van der Waals surface area contributed by atoms with E-state index in [-0.39, 0.29) is 11.9 Å². The zero-order valence-corrected chi connectivity index (χ0v) is 58.3. The Labute approximate surface area is 526 Å². The van der Waals surface area contributed by atoms with Gasteiger partial charge in [0.2, 0.25) is 11.8 Å². The van der Waals surface area contributed by atoms with Crippen LogP contribution in [-0.2, 0) is 14.4 Å². The van der Waals surface area contributed by atoms with Crippen LogP contribution in [0.3, 0.4) is 0 Å². The van der Waals surface area contributed by atoms with Crippen molar-refractivity contribution in [2.75, 3.05) is 53.4 Å². The first kappa shape index (κ1) is 82.3. The number of unbranched alkanes of at least 4 members (excludes halogenated alkanes) is 45. The summed E-state index contributed by atoms with van der Waals surface area (Å²) in [5.74, 6) is 0.501. The smallest absolute Gasteiger partial charge is 0.257 e. The van der Waals surface area contributed by atoms with E-state index in [9.17, 15) is 14.4 Å². The summed E-state index contributed by atoms with van der Waals surface area (Å²) in [6, 6.07) is 0.0885. The lowest BCUT2D eigenvalue weighted by molar-refractivity contribution is -0.140. The van der Waals surface area contributed by atoms with Crippen LogP contribution in [0.5, 0.6) is 0 Å². The molecule has 0 radical (unpaired) electrons. The summed E-state index contributed by atoms with van der Waals surface area (Å²) in [7, 11) is 4.05. The normalized spacial score (nSPS) is 12.1. The Hall–Kier alpha value is -1.70. The van der Waals surface area contributed by atoms with Crippen molar-refractivity contribution in [1.82, 2.24) is 19.6 Å². The molecule has 0 aromatic rings. The Bertz CT molecular complexity index is 1250. The van der Waals surface area contributed by atoms with Crippen molar-refractivity contribution in [3.05, 3.63) is 0 Å². The van der Waals surface area contributed by atoms with Crippen LogP contribution < -0.4 is 0 Å². The lowest BCUT2D eigenvalue weighted by Crippen LogP contribution is -2.45. The Kier molecular flexibility index (Phi) is 64.4. The summed E-state index contributed by atoms with van der Waals surface area (Å²) >= 11 is 0. The number of hydrogen-bond acceptors (Lipinski definition) is 4. The van der Waals surface area contributed by atoms with Crippen LogP contribution in [0.1, 0.15) is 407 Å². The molecule has 1 unspecified atom stereocenters. The second kappa shape index (κ2) is 65.7. The topological polar surface area (TPSA) is 64.2 Å². The quantitative estimate of drug-likeness (QED) is 0.0569. The van der Waals surface area contributed by atoms with Gasteiger partial charge in [-0.05, 0) is 91.3 Å². The summed E-state index contributed by atoms with van der Waals surface area (Å²) in [6.07, 6.45) is 67.2. The maximum atomic E-state index is 16.0. The second-order valence-electron chi connectivity index (χ2n) is 27.1. The first-order valence-corrected chi connectivity index (χ1v) is 38.3. The largest absolute Gasteiger partial charge is 0.343 e. The van der Waals surface area contributed by atoms with E-state index in [1.807, 2.05) is 19.0 Å². The van der Waals surface area contributed by atoms with Crippen molar-refractivity contribution >= 4 is 17.7 Å². The Balaban J connectivity index is 5.54. The fourth-order valence-electron chi connectivity index (χ4n) is 12.7. The monoisotopic (exact) mass is 1190 g/mol. The minimum Gasteiger partial charge on any atom is -0.343 e. The van der Waals surface area contributed by atoms with Gasteiger partial charge in [-0.25, -0.2) is 4.39 Å². The molecule has 0 bridgehead atoms. The van der Waals surface area contributed by atoms with Crippen molar-refractivity contribution in [3.8, 4) is 0 Å². The number of alkyl halides is 1. The molecule has 0 saturated heterocycles. The highest BCUT2D eigenvalue weighted by molar-refractivity contribution is 5.81. The third-order valence-corrected chi connectivity index (χ3v) is 18.5. The summed E-state index contributed by atoms with van der Waals surface area (Å²) in [5, 5.41) is 0. The number of halogens is 1. The number of carbonyl (C=O) groups is 3. The SMILES string of the molecule is CCCCCCCCCCN(CCCCCCCCCC)C(=O)CCCCCCCCC(CCCCCCCCC(=O)N(CCCCCCCCCC)CCCCCCCCCC)N(CCCCCCCCCC)C(=O)C(F)CCCN(C)C. The number of hydrogen-bond donors (Lipinski definition) is 0. The Morgan fingerprint density at radius 3 is 0.786 bits per heavy atom. The van der Waals surface area contributed by atoms with E-state index in [0.29, 0.717) is 44.0 Å². The van der Waals surface area contributed by atoms with Crippen LogP contribution in [-0.4, -0.2) is 103 Å². The molecule has 0 aliphatic heterocycles. The molecule has 0 aliphatic rings. The second-order valence-corrected chi connectivity index (χ2v) is 27.1. The van der Waals surface area contributed by atoms with E-state index in [1.165, 1.54) is 218 Å². The molecule has 500 valence electrons. The van der Waals surface area contributed by atoms with Gasteiger partial charge < -0.3 is 19.6 Å². The molecule has 84 heavy (non-hydrogen) atoms. The fourth-order valence-corrected chi connectivity index (χ4v) is 12.7. The van der Waals surface area contributed by atoms with Crippen LogP contribution in [0.15, 0.2) is 0 Å². The molecule has 0 aliphatic carbocycles. The zero-order valence-electron chi connectivity index (χ0n) is 58.3. The van der Waals surface area contributed by atoms with Crippen LogP contribution in [0, 0.1) is 0 Å². The van der Waals surface area contributed by atoms with Gasteiger partial charge in [-0.1, -0.05) is 324 Å². The molecule has 8 heteroatoms. The lowest BCUT2D eigenvalue weighted by Gasteiger charge is -2.33. The van der Waals surface area contributed by atoms with Crippen LogP contribution in [0.4, 0.5) is 4.39 Å². The van der Waals surface area contributed by atoms with Crippen molar-refractivity contribution in [2.24, 2.45) is 0 Å². The molecule has 0 rings (SSSR count). The molecule has 3 amide bonds. The number of amides is 3. The average molecular weight is 1190 g/mol. The summed E-state index contributed by atoms with van der Waals surface area (Å²) in [4.78, 5) is 50.1. The average Bonchev–Trinajstić information content (AvgIpc) is 3.66. The van der Waals surface area contributed by atoms with Gasteiger partial charge in [-0.15, -0.1) is 0 Å². The zero-order chi connectivity index (χ0) is 61.5. The minimum atomic E-state index is -1.43. The highest BCUT2D eigenvalue weighted by Gasteiger charge is 2.29. The molecule has 0 saturated carbocycles. The van der Waals surface area contributed by atoms with Crippen molar-refractivity contribution in [3.63, 3.8) is 0 Å². The number of nitrogens with zero attached hydrogens (tertiary/aromatic N) is 4. The minimum absolute atomic E-state index is 0.0885. The molecule has 0 N–H and O–H groups in total. The third-order valence-electron chi connectivity index (χ3n) is 18.5. The number of rotatable bonds is 69. The maximum Gasteiger partial charge on any atom is 0.257 e. The van der Waals surface area contributed by atoms with E-state index in [1.54, 1.807) is 0 Å². The third kappa shape index (κ3) is 54.5. The van der Waals surface area contributed by atoms with Crippen LogP contribution in [0.25, 0.3) is 0 Å². The first-order chi connectivity index (χ1) is 41.2. The standard InChI is InChI=1S/C76H151FN4O3/c1-8-13-18-23-28-37-46-55-67-79(68-56-47-38-29-24-19-14-9-2)74(82)64-53-44-35-33-42-51-61-72(81(71-59-50-41-32-27-22-17-12-5)76(84)73(77)63-60-66-78(6)7)62-52-43-34-36-45-54-65-75(83)80(69-57-48-39-30-25-20-15-10-3)70-58-49-40-31-26-21-16-11-4/h72-73H,8-71H2,1-7H3. The van der Waals surface area contributed by atoms with Crippen molar-refractivity contribution in [2.45, 2.75) is 419 Å². The number of carbonyl (C=O) groups excluding carboxylic acids is 3. The fraction of sp³-hybridized carbons (Fsp3) is 0.961. The molecule has 7 nitrogen and oxygen atoms in total. The molecule has 0 heterocycles. The van der Waals surface area contributed by atoms with Crippen LogP contribution >= 0.6 is 0 Å². The molecule has 0 spiro atoms. The van der Waals surface area contributed by atoms with E-state index in [4.69, 9.17) is 0 Å².